The molecule has 2 nitrogen and oxygen atoms in total. The van der Waals surface area contributed by atoms with Crippen molar-refractivity contribution < 1.29 is 6.91 Å². The van der Waals surface area contributed by atoms with Crippen LogP contribution in [0.3, 0.4) is 0 Å². The second kappa shape index (κ2) is 13.1. The van der Waals surface area contributed by atoms with Gasteiger partial charge < -0.3 is 0 Å². The van der Waals surface area contributed by atoms with Gasteiger partial charge in [0.2, 0.25) is 0 Å². The minimum absolute atomic E-state index is 1.26. The maximum absolute atomic E-state index is 7.38. The fourth-order valence-electron chi connectivity index (χ4n) is 3.96. The van der Waals surface area contributed by atoms with Crippen molar-refractivity contribution in [3.05, 3.63) is 0 Å². The van der Waals surface area contributed by atoms with Gasteiger partial charge in [0.05, 0.1) is 0 Å². The number of rotatable bonds is 16. The zero-order valence-electron chi connectivity index (χ0n) is 18.8. The van der Waals surface area contributed by atoms with Crippen molar-refractivity contribution in [1.29, 1.82) is 0 Å². The Labute approximate surface area is 165 Å². The van der Waals surface area contributed by atoms with Crippen LogP contribution in [0.2, 0.25) is 46.8 Å². The number of hydrogen-bond donors (Lipinski definition) is 0. The van der Waals surface area contributed by atoms with E-state index in [4.69, 9.17) is 6.91 Å². The Kier molecular flexibility index (Phi) is 13.6. The summed E-state index contributed by atoms with van der Waals surface area (Å²) < 4.78 is 14.8. The summed E-state index contributed by atoms with van der Waals surface area (Å²) in [5, 5.41) is 2.56. The molecule has 0 aliphatic carbocycles. The third-order valence-corrected chi connectivity index (χ3v) is 30.6. The van der Waals surface area contributed by atoms with Crippen LogP contribution in [0.1, 0.15) is 81.1 Å². The molecule has 25 heavy (non-hydrogen) atoms. The van der Waals surface area contributed by atoms with Crippen LogP contribution in [0.4, 0.5) is 0 Å². The van der Waals surface area contributed by atoms with Crippen molar-refractivity contribution in [2.45, 2.75) is 128 Å². The molecule has 0 aliphatic rings. The van der Waals surface area contributed by atoms with Crippen LogP contribution >= 0.6 is 0 Å². The van der Waals surface area contributed by atoms with E-state index in [0.717, 1.165) is 0 Å². The summed E-state index contributed by atoms with van der Waals surface area (Å²) in [7, 11) is -3.22. The molecule has 0 spiro atoms. The molecule has 0 fully saturated rings. The van der Waals surface area contributed by atoms with E-state index in [2.05, 4.69) is 55.4 Å². The molecule has 0 saturated carbocycles. The summed E-state index contributed by atoms with van der Waals surface area (Å²) >= 11 is -2.75. The van der Waals surface area contributed by atoms with E-state index in [9.17, 15) is 0 Å². The standard InChI is InChI=1S/C20H48GeO2Si2/c1-9-17-19-21(20-18-10-2,22-24(11-3,12-4)13-5)23-25(14-6,15-7)16-8/h9-20H2,1-8H3. The first kappa shape index (κ1) is 25.9. The van der Waals surface area contributed by atoms with E-state index in [1.165, 1.54) is 72.5 Å². The van der Waals surface area contributed by atoms with E-state index < -0.39 is 30.6 Å². The van der Waals surface area contributed by atoms with Gasteiger partial charge in [0.25, 0.3) is 0 Å². The van der Waals surface area contributed by atoms with E-state index in [-0.39, 0.29) is 0 Å². The predicted octanol–water partition coefficient (Wildman–Crippen LogP) is 8.07. The third kappa shape index (κ3) is 7.80. The fraction of sp³-hybridized carbons (Fsp3) is 1.00. The van der Waals surface area contributed by atoms with E-state index in [1.807, 2.05) is 0 Å². The Balaban J connectivity index is 5.83. The van der Waals surface area contributed by atoms with Gasteiger partial charge >= 0.3 is 165 Å². The molecule has 0 bridgehead atoms. The van der Waals surface area contributed by atoms with Crippen molar-refractivity contribution in [1.82, 2.24) is 0 Å². The zero-order valence-corrected chi connectivity index (χ0v) is 22.9. The van der Waals surface area contributed by atoms with Gasteiger partial charge in [0.1, 0.15) is 0 Å². The molecule has 0 heterocycles. The summed E-state index contributed by atoms with van der Waals surface area (Å²) in [6, 6.07) is 7.54. The van der Waals surface area contributed by atoms with Gasteiger partial charge in [-0.05, 0) is 0 Å². The molecule has 0 aromatic heterocycles. The van der Waals surface area contributed by atoms with Gasteiger partial charge in [-0.2, -0.15) is 0 Å². The van der Waals surface area contributed by atoms with Crippen LogP contribution in [0.15, 0.2) is 0 Å². The summed E-state index contributed by atoms with van der Waals surface area (Å²) in [6.07, 6.45) is 5.13. The first-order valence-corrected chi connectivity index (χ1v) is 21.0. The monoisotopic (exact) mass is 450 g/mol. The van der Waals surface area contributed by atoms with Crippen LogP contribution < -0.4 is 0 Å². The van der Waals surface area contributed by atoms with Crippen LogP contribution in [0.5, 0.6) is 0 Å². The average Bonchev–Trinajstić information content (AvgIpc) is 2.67. The maximum atomic E-state index is 7.38. The summed E-state index contributed by atoms with van der Waals surface area (Å²) in [5.41, 5.74) is 0. The molecule has 0 amide bonds. The van der Waals surface area contributed by atoms with Crippen molar-refractivity contribution in [2.24, 2.45) is 0 Å². The van der Waals surface area contributed by atoms with Crippen LogP contribution in [-0.2, 0) is 6.91 Å². The molecule has 0 unspecified atom stereocenters. The molecule has 0 aromatic rings. The Hall–Kier alpha value is 0.897. The van der Waals surface area contributed by atoms with Crippen molar-refractivity contribution in [3.63, 3.8) is 0 Å². The molecule has 0 saturated heterocycles. The van der Waals surface area contributed by atoms with Gasteiger partial charge in [-0.25, -0.2) is 0 Å². The SMILES string of the molecule is CCC[CH2][Ge]([CH2]CCC)([O][Si](CC)(CC)CC)[O][Si](CC)(CC)CC. The zero-order chi connectivity index (χ0) is 19.4. The Morgan fingerprint density at radius 3 is 1.00 bits per heavy atom. The van der Waals surface area contributed by atoms with Crippen molar-refractivity contribution >= 4 is 30.6 Å². The fourth-order valence-corrected chi connectivity index (χ4v) is 33.0. The van der Waals surface area contributed by atoms with Gasteiger partial charge in [-0.15, -0.1) is 0 Å². The second-order valence-electron chi connectivity index (χ2n) is 7.81. The van der Waals surface area contributed by atoms with Crippen LogP contribution in [-0.4, -0.2) is 30.6 Å². The molecule has 0 N–H and O–H groups in total. The minimum atomic E-state index is -2.75. The molecule has 0 rings (SSSR count). The Bertz CT molecular complexity index is 283. The molecular formula is C20H48GeO2Si2. The summed E-state index contributed by atoms with van der Waals surface area (Å²) in [6.45, 7) is 18.9. The first-order valence-electron chi connectivity index (χ1n) is 11.3. The molecule has 5 heteroatoms. The predicted molar refractivity (Wildman–Crippen MR) is 122 cm³/mol. The average molecular weight is 449 g/mol. The number of hydrogen-bond acceptors (Lipinski definition) is 2. The Morgan fingerprint density at radius 1 is 0.520 bits per heavy atom. The molecule has 0 radical (unpaired) electrons. The van der Waals surface area contributed by atoms with Gasteiger partial charge in [0, 0.05) is 0 Å². The molecule has 152 valence electrons. The van der Waals surface area contributed by atoms with Crippen molar-refractivity contribution in [2.75, 3.05) is 0 Å². The van der Waals surface area contributed by atoms with E-state index in [1.54, 1.807) is 0 Å². The van der Waals surface area contributed by atoms with Crippen LogP contribution in [0, 0.1) is 0 Å². The normalized spacial score (nSPS) is 13.4. The third-order valence-electron chi connectivity index (χ3n) is 6.49. The van der Waals surface area contributed by atoms with E-state index in [0.29, 0.717) is 0 Å². The second-order valence-corrected chi connectivity index (χ2v) is 25.7. The van der Waals surface area contributed by atoms with Gasteiger partial charge in [-0.1, -0.05) is 0 Å². The summed E-state index contributed by atoms with van der Waals surface area (Å²) in [5.74, 6) is 0. The molecule has 0 aromatic carbocycles. The van der Waals surface area contributed by atoms with E-state index >= 15 is 0 Å². The van der Waals surface area contributed by atoms with Crippen molar-refractivity contribution in [3.8, 4) is 0 Å². The number of unbranched alkanes of at least 4 members (excludes halogenated alkanes) is 2. The Morgan fingerprint density at radius 2 is 0.800 bits per heavy atom. The summed E-state index contributed by atoms with van der Waals surface area (Å²) in [4.78, 5) is 0. The quantitative estimate of drug-likeness (QED) is 0.222. The topological polar surface area (TPSA) is 18.5 Å². The van der Waals surface area contributed by atoms with Gasteiger partial charge in [-0.3, -0.25) is 0 Å². The first-order chi connectivity index (χ1) is 11.9. The van der Waals surface area contributed by atoms with Crippen LogP contribution in [0.25, 0.3) is 0 Å². The molecule has 0 atom stereocenters. The molecular weight excluding hydrogens is 401 g/mol. The molecule has 0 aliphatic heterocycles. The van der Waals surface area contributed by atoms with Gasteiger partial charge in [0.15, 0.2) is 0 Å².